The maximum absolute atomic E-state index is 6.73. The zero-order valence-corrected chi connectivity index (χ0v) is 17.5. The quantitative estimate of drug-likeness (QED) is 0.479. The summed E-state index contributed by atoms with van der Waals surface area (Å²) in [4.78, 5) is 0. The van der Waals surface area contributed by atoms with E-state index in [0.717, 1.165) is 0 Å². The summed E-state index contributed by atoms with van der Waals surface area (Å²) in [6.45, 7) is 9.68. The zero-order chi connectivity index (χ0) is 16.9. The molecule has 0 heterocycles. The van der Waals surface area contributed by atoms with Gasteiger partial charge in [-0.3, -0.25) is 0 Å². The molecule has 2 aromatic carbocycles. The number of benzene rings is 2. The van der Waals surface area contributed by atoms with Gasteiger partial charge in [-0.05, 0) is 48.5 Å². The summed E-state index contributed by atoms with van der Waals surface area (Å²) in [5.74, 6) is 0. The van der Waals surface area contributed by atoms with Gasteiger partial charge in [-0.1, -0.05) is 87.5 Å². The molecule has 0 N–H and O–H groups in total. The van der Waals surface area contributed by atoms with Crippen LogP contribution in [0.1, 0.15) is 27.7 Å². The van der Waals surface area contributed by atoms with E-state index in [-0.39, 0.29) is 5.04 Å². The number of hydrogen-bond acceptors (Lipinski definition) is 1. The molecule has 2 rings (SSSR count). The summed E-state index contributed by atoms with van der Waals surface area (Å²) >= 11 is 2.34. The first-order valence-corrected chi connectivity index (χ1v) is 10.9. The van der Waals surface area contributed by atoms with Crippen LogP contribution in [0.5, 0.6) is 0 Å². The molecule has 0 aliphatic heterocycles. The lowest BCUT2D eigenvalue weighted by atomic mass is 10.2. The fraction of sp³-hybridized carbons (Fsp3) is 0.300. The molecule has 23 heavy (non-hydrogen) atoms. The van der Waals surface area contributed by atoms with Crippen LogP contribution in [0.3, 0.4) is 0 Å². The van der Waals surface area contributed by atoms with E-state index >= 15 is 0 Å². The normalized spacial score (nSPS) is 13.2. The second-order valence-electron chi connectivity index (χ2n) is 6.77. The van der Waals surface area contributed by atoms with E-state index in [2.05, 4.69) is 117 Å². The summed E-state index contributed by atoms with van der Waals surface area (Å²) in [7, 11) is -2.36. The van der Waals surface area contributed by atoms with Gasteiger partial charge in [0.15, 0.2) is 0 Å². The summed E-state index contributed by atoms with van der Waals surface area (Å²) in [6.07, 6.45) is 2.17. The second kappa shape index (κ2) is 7.77. The maximum Gasteiger partial charge on any atom is 0.261 e. The molecular weight excluding hydrogens is 411 g/mol. The summed E-state index contributed by atoms with van der Waals surface area (Å²) in [5.41, 5.74) is 0. The Balaban J connectivity index is 2.62. The standard InChI is InChI=1S/C20H25IOSi/c1-17(21)15-16-22-23(20(2,3)4,18-11-7-5-8-12-18)19-13-9-6-10-14-19/h5-15H,16H2,1-4H3/b17-15+. The first-order chi connectivity index (χ1) is 10.9. The monoisotopic (exact) mass is 436 g/mol. The van der Waals surface area contributed by atoms with Crippen LogP contribution in [0.4, 0.5) is 0 Å². The van der Waals surface area contributed by atoms with Crippen molar-refractivity contribution in [2.24, 2.45) is 0 Å². The Morgan fingerprint density at radius 1 is 0.957 bits per heavy atom. The van der Waals surface area contributed by atoms with Gasteiger partial charge in [-0.2, -0.15) is 0 Å². The molecule has 1 nitrogen and oxygen atoms in total. The smallest absolute Gasteiger partial charge is 0.261 e. The minimum Gasteiger partial charge on any atom is -0.404 e. The van der Waals surface area contributed by atoms with Gasteiger partial charge in [-0.25, -0.2) is 0 Å². The summed E-state index contributed by atoms with van der Waals surface area (Å²) < 4.78 is 8.00. The van der Waals surface area contributed by atoms with Gasteiger partial charge in [0.25, 0.3) is 8.32 Å². The minimum atomic E-state index is -2.36. The van der Waals surface area contributed by atoms with E-state index in [4.69, 9.17) is 4.43 Å². The van der Waals surface area contributed by atoms with Gasteiger partial charge >= 0.3 is 0 Å². The number of hydrogen-bond donors (Lipinski definition) is 0. The fourth-order valence-corrected chi connectivity index (χ4v) is 7.71. The Bertz CT molecular complexity index is 601. The Labute approximate surface area is 155 Å². The van der Waals surface area contributed by atoms with Crippen LogP contribution in [0.2, 0.25) is 5.04 Å². The van der Waals surface area contributed by atoms with Crippen molar-refractivity contribution < 1.29 is 4.43 Å². The molecule has 0 aromatic heterocycles. The highest BCUT2D eigenvalue weighted by molar-refractivity contribution is 14.1. The molecule has 0 spiro atoms. The van der Waals surface area contributed by atoms with Crippen molar-refractivity contribution in [1.29, 1.82) is 0 Å². The van der Waals surface area contributed by atoms with Gasteiger partial charge in [-0.15, -0.1) is 0 Å². The molecule has 0 aliphatic rings. The van der Waals surface area contributed by atoms with Gasteiger partial charge < -0.3 is 4.43 Å². The van der Waals surface area contributed by atoms with Gasteiger partial charge in [0.05, 0.1) is 6.61 Å². The van der Waals surface area contributed by atoms with Crippen LogP contribution in [-0.2, 0) is 4.43 Å². The van der Waals surface area contributed by atoms with Crippen molar-refractivity contribution in [2.75, 3.05) is 6.61 Å². The number of allylic oxidation sites excluding steroid dienone is 1. The van der Waals surface area contributed by atoms with Crippen LogP contribution in [0.15, 0.2) is 70.3 Å². The highest BCUT2D eigenvalue weighted by Gasteiger charge is 2.49. The average molecular weight is 436 g/mol. The second-order valence-corrected chi connectivity index (χ2v) is 12.8. The third kappa shape index (κ3) is 4.14. The SMILES string of the molecule is C/C(I)=C\CO[Si](c1ccccc1)(c1ccccc1)C(C)(C)C. The first-order valence-electron chi connectivity index (χ1n) is 7.95. The first kappa shape index (κ1) is 18.4. The molecule has 0 aliphatic carbocycles. The molecule has 2 aromatic rings. The van der Waals surface area contributed by atoms with Gasteiger partial charge in [0, 0.05) is 0 Å². The average Bonchev–Trinajstić information content (AvgIpc) is 2.52. The van der Waals surface area contributed by atoms with Crippen LogP contribution in [0, 0.1) is 0 Å². The van der Waals surface area contributed by atoms with Crippen molar-refractivity contribution in [3.8, 4) is 0 Å². The number of rotatable bonds is 5. The molecule has 122 valence electrons. The van der Waals surface area contributed by atoms with E-state index < -0.39 is 8.32 Å². The Kier molecular flexibility index (Phi) is 6.23. The van der Waals surface area contributed by atoms with Crippen LogP contribution >= 0.6 is 22.6 Å². The summed E-state index contributed by atoms with van der Waals surface area (Å²) in [5, 5.41) is 2.71. The fourth-order valence-electron chi connectivity index (χ4n) is 3.04. The van der Waals surface area contributed by atoms with E-state index in [0.29, 0.717) is 6.61 Å². The minimum absolute atomic E-state index is 0.0444. The molecule has 0 unspecified atom stereocenters. The number of halogens is 1. The van der Waals surface area contributed by atoms with E-state index in [1.165, 1.54) is 14.0 Å². The highest BCUT2D eigenvalue weighted by Crippen LogP contribution is 2.36. The predicted molar refractivity (Wildman–Crippen MR) is 111 cm³/mol. The van der Waals surface area contributed by atoms with Crippen molar-refractivity contribution in [3.63, 3.8) is 0 Å². The molecule has 0 bridgehead atoms. The molecule has 0 saturated carbocycles. The predicted octanol–water partition coefficient (Wildman–Crippen LogP) is 4.90. The third-order valence-electron chi connectivity index (χ3n) is 4.08. The van der Waals surface area contributed by atoms with Crippen LogP contribution in [-0.4, -0.2) is 14.9 Å². The van der Waals surface area contributed by atoms with Gasteiger partial charge in [0.2, 0.25) is 0 Å². The molecule has 0 atom stereocenters. The topological polar surface area (TPSA) is 9.23 Å². The lowest BCUT2D eigenvalue weighted by Crippen LogP contribution is -2.66. The van der Waals surface area contributed by atoms with E-state index in [1.54, 1.807) is 0 Å². The largest absolute Gasteiger partial charge is 0.404 e. The molecular formula is C20H25IOSi. The van der Waals surface area contributed by atoms with Crippen LogP contribution in [0.25, 0.3) is 0 Å². The maximum atomic E-state index is 6.73. The third-order valence-corrected chi connectivity index (χ3v) is 9.53. The van der Waals surface area contributed by atoms with E-state index in [9.17, 15) is 0 Å². The van der Waals surface area contributed by atoms with Crippen molar-refractivity contribution in [1.82, 2.24) is 0 Å². The zero-order valence-electron chi connectivity index (χ0n) is 14.3. The van der Waals surface area contributed by atoms with Crippen molar-refractivity contribution >= 4 is 41.3 Å². The lowest BCUT2D eigenvalue weighted by molar-refractivity contribution is 0.339. The van der Waals surface area contributed by atoms with Gasteiger partial charge in [0.1, 0.15) is 0 Å². The molecule has 0 amide bonds. The lowest BCUT2D eigenvalue weighted by Gasteiger charge is -2.42. The molecule has 3 heteroatoms. The van der Waals surface area contributed by atoms with Crippen molar-refractivity contribution in [2.45, 2.75) is 32.7 Å². The Morgan fingerprint density at radius 3 is 1.74 bits per heavy atom. The van der Waals surface area contributed by atoms with Crippen molar-refractivity contribution in [3.05, 3.63) is 70.3 Å². The Morgan fingerprint density at radius 2 is 1.39 bits per heavy atom. The molecule has 0 saturated heterocycles. The molecule has 0 fully saturated rings. The summed E-state index contributed by atoms with van der Waals surface area (Å²) in [6, 6.07) is 21.5. The molecule has 0 radical (unpaired) electrons. The van der Waals surface area contributed by atoms with E-state index in [1.807, 2.05) is 0 Å². The highest BCUT2D eigenvalue weighted by atomic mass is 127. The Hall–Kier alpha value is -0.913. The van der Waals surface area contributed by atoms with Crippen LogP contribution < -0.4 is 10.4 Å².